The van der Waals surface area contributed by atoms with E-state index in [1.807, 2.05) is 61.5 Å². The molecular formula is C25H34N4O3S. The minimum absolute atomic E-state index is 0.0596. The Morgan fingerprint density at radius 2 is 1.73 bits per heavy atom. The molecule has 7 nitrogen and oxygen atoms in total. The van der Waals surface area contributed by atoms with Crippen LogP contribution in [0.1, 0.15) is 49.7 Å². The third-order valence-corrected chi connectivity index (χ3v) is 7.26. The highest BCUT2D eigenvalue weighted by molar-refractivity contribution is 7.89. The summed E-state index contributed by atoms with van der Waals surface area (Å²) in [5.74, 6) is 0.814. The first-order chi connectivity index (χ1) is 15.9. The number of nitrogens with one attached hydrogen (secondary N) is 1. The minimum Gasteiger partial charge on any atom is -0.337 e. The van der Waals surface area contributed by atoms with Crippen LogP contribution >= 0.6 is 0 Å². The average molecular weight is 471 g/mol. The zero-order valence-corrected chi connectivity index (χ0v) is 20.5. The Kier molecular flexibility index (Phi) is 9.17. The van der Waals surface area contributed by atoms with Gasteiger partial charge in [-0.2, -0.15) is 4.98 Å². The topological polar surface area (TPSA) is 88.3 Å². The summed E-state index contributed by atoms with van der Waals surface area (Å²) in [7, 11) is -3.51. The maximum atomic E-state index is 12.9. The molecule has 3 rings (SSSR count). The molecule has 0 saturated carbocycles. The van der Waals surface area contributed by atoms with E-state index in [0.717, 1.165) is 36.3 Å². The van der Waals surface area contributed by atoms with Gasteiger partial charge in [-0.05, 0) is 56.9 Å². The van der Waals surface area contributed by atoms with Crippen molar-refractivity contribution >= 4 is 10.0 Å². The molecule has 2 aromatic carbocycles. The molecule has 0 unspecified atom stereocenters. The number of aryl methyl sites for hydroxylation is 2. The van der Waals surface area contributed by atoms with Gasteiger partial charge in [0.2, 0.25) is 21.7 Å². The van der Waals surface area contributed by atoms with Crippen molar-refractivity contribution in [1.29, 1.82) is 0 Å². The van der Waals surface area contributed by atoms with Gasteiger partial charge in [0.25, 0.3) is 0 Å². The predicted molar refractivity (Wildman–Crippen MR) is 131 cm³/mol. The lowest BCUT2D eigenvalue weighted by atomic mass is 10.1. The third kappa shape index (κ3) is 7.48. The summed E-state index contributed by atoms with van der Waals surface area (Å²) in [6, 6.07) is 17.2. The summed E-state index contributed by atoms with van der Waals surface area (Å²) < 4.78 is 34.2. The smallest absolute Gasteiger partial charge is 0.245 e. The first-order valence-electron chi connectivity index (χ1n) is 11.6. The van der Waals surface area contributed by atoms with Crippen LogP contribution in [0, 0.1) is 6.92 Å². The second-order valence-electron chi connectivity index (χ2n) is 8.17. The lowest BCUT2D eigenvalue weighted by Crippen LogP contribution is -2.33. The van der Waals surface area contributed by atoms with E-state index in [0.29, 0.717) is 25.1 Å². The number of rotatable bonds is 13. The van der Waals surface area contributed by atoms with Gasteiger partial charge in [0.1, 0.15) is 6.04 Å². The van der Waals surface area contributed by atoms with E-state index in [9.17, 15) is 8.42 Å². The molecule has 0 amide bonds. The number of sulfonamides is 1. The Morgan fingerprint density at radius 1 is 1.03 bits per heavy atom. The van der Waals surface area contributed by atoms with Gasteiger partial charge in [0, 0.05) is 5.56 Å². The Bertz CT molecular complexity index is 1100. The average Bonchev–Trinajstić information content (AvgIpc) is 3.30. The van der Waals surface area contributed by atoms with E-state index in [4.69, 9.17) is 4.52 Å². The zero-order valence-electron chi connectivity index (χ0n) is 19.7. The van der Waals surface area contributed by atoms with Crippen molar-refractivity contribution in [2.24, 2.45) is 0 Å². The standard InChI is InChI=1S/C25H34N4O3S/c1-4-29(5-2)18-11-19-33(30,31)28-23(17-16-21-13-7-6-8-14-21)25-26-24(27-32-25)22-15-10-9-12-20(22)3/h6-10,12-15,23,28H,4-5,11,16-19H2,1-3H3/t23-/m1/s1. The van der Waals surface area contributed by atoms with Crippen LogP contribution in [0.5, 0.6) is 0 Å². The second kappa shape index (κ2) is 12.1. The van der Waals surface area contributed by atoms with Crippen LogP contribution < -0.4 is 4.72 Å². The predicted octanol–water partition coefficient (Wildman–Crippen LogP) is 4.37. The summed E-state index contributed by atoms with van der Waals surface area (Å²) >= 11 is 0. The molecule has 0 radical (unpaired) electrons. The molecule has 3 aromatic rings. The fourth-order valence-electron chi connectivity index (χ4n) is 3.79. The van der Waals surface area contributed by atoms with Crippen LogP contribution in [0.25, 0.3) is 11.4 Å². The lowest BCUT2D eigenvalue weighted by molar-refractivity contribution is 0.304. The van der Waals surface area contributed by atoms with Crippen LogP contribution in [0.3, 0.4) is 0 Å². The molecule has 1 aromatic heterocycles. The number of aromatic nitrogens is 2. The van der Waals surface area contributed by atoms with E-state index < -0.39 is 16.1 Å². The number of hydrogen-bond acceptors (Lipinski definition) is 6. The van der Waals surface area contributed by atoms with E-state index in [1.54, 1.807) is 0 Å². The van der Waals surface area contributed by atoms with Crippen molar-refractivity contribution in [2.75, 3.05) is 25.4 Å². The molecule has 0 bridgehead atoms. The number of benzene rings is 2. The summed E-state index contributed by atoms with van der Waals surface area (Å²) in [5, 5.41) is 4.13. The Balaban J connectivity index is 1.76. The molecule has 8 heteroatoms. The normalized spacial score (nSPS) is 12.8. The molecule has 0 fully saturated rings. The SMILES string of the molecule is CCN(CC)CCCS(=O)(=O)N[C@H](CCc1ccccc1)c1nc(-c2ccccc2C)no1. The highest BCUT2D eigenvalue weighted by atomic mass is 32.2. The molecule has 0 spiro atoms. The quantitative estimate of drug-likeness (QED) is 0.399. The molecular weight excluding hydrogens is 436 g/mol. The first-order valence-corrected chi connectivity index (χ1v) is 13.2. The highest BCUT2D eigenvalue weighted by Gasteiger charge is 2.25. The molecule has 0 aliphatic heterocycles. The lowest BCUT2D eigenvalue weighted by Gasteiger charge is -2.19. The van der Waals surface area contributed by atoms with Crippen molar-refractivity contribution in [3.05, 3.63) is 71.6 Å². The van der Waals surface area contributed by atoms with Gasteiger partial charge in [-0.1, -0.05) is 73.6 Å². The van der Waals surface area contributed by atoms with E-state index in [-0.39, 0.29) is 11.6 Å². The van der Waals surface area contributed by atoms with Gasteiger partial charge in [-0.25, -0.2) is 13.1 Å². The maximum Gasteiger partial charge on any atom is 0.245 e. The number of hydrogen-bond donors (Lipinski definition) is 1. The van der Waals surface area contributed by atoms with Crippen LogP contribution in [0.4, 0.5) is 0 Å². The van der Waals surface area contributed by atoms with E-state index in [1.165, 1.54) is 0 Å². The van der Waals surface area contributed by atoms with Crippen LogP contribution in [-0.4, -0.2) is 48.8 Å². The largest absolute Gasteiger partial charge is 0.337 e. The van der Waals surface area contributed by atoms with Gasteiger partial charge < -0.3 is 9.42 Å². The Morgan fingerprint density at radius 3 is 2.42 bits per heavy atom. The van der Waals surface area contributed by atoms with Crippen LogP contribution in [-0.2, 0) is 16.4 Å². The van der Waals surface area contributed by atoms with E-state index in [2.05, 4.69) is 33.6 Å². The molecule has 0 aliphatic carbocycles. The van der Waals surface area contributed by atoms with Gasteiger partial charge in [-0.3, -0.25) is 0 Å². The fraction of sp³-hybridized carbons (Fsp3) is 0.440. The zero-order chi connectivity index (χ0) is 23.7. The van der Waals surface area contributed by atoms with Gasteiger partial charge in [0.15, 0.2) is 0 Å². The monoisotopic (exact) mass is 470 g/mol. The first kappa shape index (κ1) is 25.1. The van der Waals surface area contributed by atoms with Crippen molar-refractivity contribution in [1.82, 2.24) is 19.8 Å². The Labute approximate surface area is 197 Å². The van der Waals surface area contributed by atoms with Crippen molar-refractivity contribution in [3.8, 4) is 11.4 Å². The summed E-state index contributed by atoms with van der Waals surface area (Å²) in [6.07, 6.45) is 1.78. The van der Waals surface area contributed by atoms with Crippen molar-refractivity contribution < 1.29 is 12.9 Å². The van der Waals surface area contributed by atoms with Gasteiger partial charge in [0.05, 0.1) is 5.75 Å². The minimum atomic E-state index is -3.51. The third-order valence-electron chi connectivity index (χ3n) is 5.79. The summed E-state index contributed by atoms with van der Waals surface area (Å²) in [6.45, 7) is 8.72. The summed E-state index contributed by atoms with van der Waals surface area (Å²) in [5.41, 5.74) is 3.03. The van der Waals surface area contributed by atoms with Crippen LogP contribution in [0.2, 0.25) is 0 Å². The fourth-order valence-corrected chi connectivity index (χ4v) is 5.07. The van der Waals surface area contributed by atoms with Crippen LogP contribution in [0.15, 0.2) is 59.1 Å². The molecule has 0 aliphatic rings. The molecule has 1 atom stereocenters. The van der Waals surface area contributed by atoms with Crippen molar-refractivity contribution in [2.45, 2.75) is 46.1 Å². The van der Waals surface area contributed by atoms with E-state index >= 15 is 0 Å². The molecule has 178 valence electrons. The highest BCUT2D eigenvalue weighted by Crippen LogP contribution is 2.24. The van der Waals surface area contributed by atoms with Gasteiger partial charge >= 0.3 is 0 Å². The maximum absolute atomic E-state index is 12.9. The number of nitrogens with zero attached hydrogens (tertiary/aromatic N) is 3. The molecule has 0 saturated heterocycles. The summed E-state index contributed by atoms with van der Waals surface area (Å²) in [4.78, 5) is 6.78. The molecule has 33 heavy (non-hydrogen) atoms. The molecule has 1 heterocycles. The Hall–Kier alpha value is -2.55. The second-order valence-corrected chi connectivity index (χ2v) is 10.0. The van der Waals surface area contributed by atoms with Crippen molar-refractivity contribution in [3.63, 3.8) is 0 Å². The van der Waals surface area contributed by atoms with Gasteiger partial charge in [-0.15, -0.1) is 0 Å². The molecule has 1 N–H and O–H groups in total.